The summed E-state index contributed by atoms with van der Waals surface area (Å²) in [5, 5.41) is 2.83. The van der Waals surface area contributed by atoms with Gasteiger partial charge in [0, 0.05) is 25.2 Å². The number of halogens is 3. The highest BCUT2D eigenvalue weighted by Gasteiger charge is 2.27. The van der Waals surface area contributed by atoms with Gasteiger partial charge in [-0.15, -0.1) is 0 Å². The lowest BCUT2D eigenvalue weighted by Gasteiger charge is -2.10. The van der Waals surface area contributed by atoms with Crippen LogP contribution in [-0.2, 0) is 6.42 Å². The summed E-state index contributed by atoms with van der Waals surface area (Å²) in [7, 11) is 1.68. The molecule has 17 heavy (non-hydrogen) atoms. The summed E-state index contributed by atoms with van der Waals surface area (Å²) in [4.78, 5) is 8.15. The van der Waals surface area contributed by atoms with E-state index >= 15 is 0 Å². The molecule has 0 aliphatic carbocycles. The smallest absolute Gasteiger partial charge is 0.373 e. The zero-order chi connectivity index (χ0) is 13.1. The number of nitrogens with one attached hydrogen (secondary N) is 1. The maximum absolute atomic E-state index is 12.1. The van der Waals surface area contributed by atoms with Gasteiger partial charge in [0.1, 0.15) is 11.6 Å². The van der Waals surface area contributed by atoms with Crippen LogP contribution in [0.15, 0.2) is 6.07 Å². The molecule has 0 amide bonds. The molecule has 1 rings (SSSR count). The van der Waals surface area contributed by atoms with Crippen LogP contribution < -0.4 is 5.32 Å². The monoisotopic (exact) mass is 247 g/mol. The largest absolute Gasteiger partial charge is 0.389 e. The summed E-state index contributed by atoms with van der Waals surface area (Å²) in [6.07, 6.45) is -5.24. The molecule has 0 bridgehead atoms. The highest BCUT2D eigenvalue weighted by molar-refractivity contribution is 5.36. The van der Waals surface area contributed by atoms with Crippen molar-refractivity contribution in [1.82, 2.24) is 9.97 Å². The van der Waals surface area contributed by atoms with E-state index in [2.05, 4.69) is 15.3 Å². The van der Waals surface area contributed by atoms with Gasteiger partial charge >= 0.3 is 6.18 Å². The SMILES string of the molecule is CNc1cc(C(C)C)nc(CCC(F)(F)F)n1. The predicted molar refractivity (Wildman–Crippen MR) is 60.0 cm³/mol. The van der Waals surface area contributed by atoms with E-state index in [1.54, 1.807) is 13.1 Å². The van der Waals surface area contributed by atoms with E-state index in [1.165, 1.54) is 0 Å². The Bertz CT molecular complexity index is 375. The zero-order valence-corrected chi connectivity index (χ0v) is 10.1. The Morgan fingerprint density at radius 2 is 1.94 bits per heavy atom. The standard InChI is InChI=1S/C11H16F3N3/c1-7(2)8-6-10(15-3)17-9(16-8)4-5-11(12,13)14/h6-7H,4-5H2,1-3H3,(H,15,16,17). The average molecular weight is 247 g/mol. The Kier molecular flexibility index (Phi) is 4.31. The van der Waals surface area contributed by atoms with Crippen molar-refractivity contribution >= 4 is 5.82 Å². The fraction of sp³-hybridized carbons (Fsp3) is 0.636. The van der Waals surface area contributed by atoms with Crippen LogP contribution in [0.4, 0.5) is 19.0 Å². The molecule has 0 fully saturated rings. The van der Waals surface area contributed by atoms with Gasteiger partial charge in [-0.05, 0) is 5.92 Å². The number of hydrogen-bond donors (Lipinski definition) is 1. The van der Waals surface area contributed by atoms with Crippen molar-refractivity contribution in [3.63, 3.8) is 0 Å². The molecule has 0 unspecified atom stereocenters. The summed E-state index contributed by atoms with van der Waals surface area (Å²) in [5.41, 5.74) is 0.751. The molecule has 1 N–H and O–H groups in total. The first-order valence-electron chi connectivity index (χ1n) is 5.44. The fourth-order valence-corrected chi connectivity index (χ4v) is 1.31. The van der Waals surface area contributed by atoms with Crippen molar-refractivity contribution in [3.05, 3.63) is 17.6 Å². The number of hydrogen-bond acceptors (Lipinski definition) is 3. The van der Waals surface area contributed by atoms with Gasteiger partial charge in [0.2, 0.25) is 0 Å². The first kappa shape index (κ1) is 13.7. The lowest BCUT2D eigenvalue weighted by Crippen LogP contribution is -2.12. The van der Waals surface area contributed by atoms with Gasteiger partial charge in [-0.25, -0.2) is 9.97 Å². The minimum absolute atomic E-state index is 0.162. The molecular weight excluding hydrogens is 231 g/mol. The Morgan fingerprint density at radius 3 is 2.41 bits per heavy atom. The van der Waals surface area contributed by atoms with E-state index in [0.29, 0.717) is 5.82 Å². The van der Waals surface area contributed by atoms with Gasteiger partial charge < -0.3 is 5.32 Å². The predicted octanol–water partition coefficient (Wildman–Crippen LogP) is 3.14. The van der Waals surface area contributed by atoms with E-state index in [-0.39, 0.29) is 18.2 Å². The van der Waals surface area contributed by atoms with Crippen LogP contribution in [0.5, 0.6) is 0 Å². The van der Waals surface area contributed by atoms with Gasteiger partial charge in [-0.1, -0.05) is 13.8 Å². The Hall–Kier alpha value is -1.33. The normalized spacial score (nSPS) is 11.9. The molecule has 96 valence electrons. The molecule has 0 radical (unpaired) electrons. The molecule has 0 saturated carbocycles. The molecule has 0 aliphatic heterocycles. The van der Waals surface area contributed by atoms with Gasteiger partial charge in [-0.3, -0.25) is 0 Å². The molecule has 0 spiro atoms. The second-order valence-electron chi connectivity index (χ2n) is 4.11. The second-order valence-corrected chi connectivity index (χ2v) is 4.11. The van der Waals surface area contributed by atoms with Crippen molar-refractivity contribution in [3.8, 4) is 0 Å². The van der Waals surface area contributed by atoms with E-state index in [4.69, 9.17) is 0 Å². The quantitative estimate of drug-likeness (QED) is 0.888. The van der Waals surface area contributed by atoms with Gasteiger partial charge in [-0.2, -0.15) is 13.2 Å². The van der Waals surface area contributed by atoms with Crippen molar-refractivity contribution in [2.75, 3.05) is 12.4 Å². The number of aryl methyl sites for hydroxylation is 1. The molecule has 1 aromatic rings. The summed E-state index contributed by atoms with van der Waals surface area (Å²) in [6.45, 7) is 3.88. The summed E-state index contributed by atoms with van der Waals surface area (Å²) < 4.78 is 36.3. The number of nitrogens with zero attached hydrogens (tertiary/aromatic N) is 2. The number of alkyl halides is 3. The first-order chi connectivity index (χ1) is 7.81. The Labute approximate surface area is 98.5 Å². The topological polar surface area (TPSA) is 37.8 Å². The molecule has 3 nitrogen and oxygen atoms in total. The van der Waals surface area contributed by atoms with Gasteiger partial charge in [0.05, 0.1) is 6.42 Å². The molecule has 1 aromatic heterocycles. The van der Waals surface area contributed by atoms with Crippen LogP contribution in [0.3, 0.4) is 0 Å². The minimum atomic E-state index is -4.17. The maximum atomic E-state index is 12.1. The summed E-state index contributed by atoms with van der Waals surface area (Å²) >= 11 is 0. The van der Waals surface area contributed by atoms with Crippen LogP contribution in [0.2, 0.25) is 0 Å². The van der Waals surface area contributed by atoms with Crippen LogP contribution in [0, 0.1) is 0 Å². The van der Waals surface area contributed by atoms with Crippen molar-refractivity contribution < 1.29 is 13.2 Å². The third kappa shape index (κ3) is 4.58. The van der Waals surface area contributed by atoms with E-state index in [1.807, 2.05) is 13.8 Å². The molecule has 0 atom stereocenters. The van der Waals surface area contributed by atoms with Crippen LogP contribution in [-0.4, -0.2) is 23.2 Å². The molecule has 6 heteroatoms. The highest BCUT2D eigenvalue weighted by atomic mass is 19.4. The highest BCUT2D eigenvalue weighted by Crippen LogP contribution is 2.22. The lowest BCUT2D eigenvalue weighted by molar-refractivity contribution is -0.134. The second kappa shape index (κ2) is 5.33. The third-order valence-corrected chi connectivity index (χ3v) is 2.27. The maximum Gasteiger partial charge on any atom is 0.389 e. The van der Waals surface area contributed by atoms with Crippen molar-refractivity contribution in [2.45, 2.75) is 38.8 Å². The fourth-order valence-electron chi connectivity index (χ4n) is 1.31. The lowest BCUT2D eigenvalue weighted by atomic mass is 10.1. The third-order valence-electron chi connectivity index (χ3n) is 2.27. The average Bonchev–Trinajstić information content (AvgIpc) is 2.25. The van der Waals surface area contributed by atoms with E-state index in [9.17, 15) is 13.2 Å². The molecule has 0 saturated heterocycles. The van der Waals surface area contributed by atoms with Gasteiger partial charge in [0.25, 0.3) is 0 Å². The summed E-state index contributed by atoms with van der Waals surface area (Å²) in [6, 6.07) is 1.75. The molecule has 1 heterocycles. The van der Waals surface area contributed by atoms with E-state index in [0.717, 1.165) is 5.69 Å². The van der Waals surface area contributed by atoms with Gasteiger partial charge in [0.15, 0.2) is 0 Å². The molecule has 0 aliphatic rings. The van der Waals surface area contributed by atoms with Crippen molar-refractivity contribution in [1.29, 1.82) is 0 Å². The minimum Gasteiger partial charge on any atom is -0.373 e. The van der Waals surface area contributed by atoms with Crippen LogP contribution in [0.25, 0.3) is 0 Å². The zero-order valence-electron chi connectivity index (χ0n) is 10.1. The molecule has 0 aromatic carbocycles. The first-order valence-corrected chi connectivity index (χ1v) is 5.44. The molecular formula is C11H16F3N3. The Balaban J connectivity index is 2.87. The van der Waals surface area contributed by atoms with Crippen LogP contribution >= 0.6 is 0 Å². The number of aromatic nitrogens is 2. The summed E-state index contributed by atoms with van der Waals surface area (Å²) in [5.74, 6) is 0.952. The Morgan fingerprint density at radius 1 is 1.29 bits per heavy atom. The van der Waals surface area contributed by atoms with Crippen LogP contribution in [0.1, 0.15) is 37.7 Å². The van der Waals surface area contributed by atoms with Crippen molar-refractivity contribution in [2.24, 2.45) is 0 Å². The number of rotatable bonds is 4. The van der Waals surface area contributed by atoms with E-state index < -0.39 is 12.6 Å². The number of anilines is 1.